The summed E-state index contributed by atoms with van der Waals surface area (Å²) in [5.41, 5.74) is 0. The number of esters is 1. The van der Waals surface area contributed by atoms with Crippen LogP contribution in [0, 0.1) is 0 Å². The SMILES string of the molecule is C[C@H](C[C@@H](O)C/C=C/C(=O)O)OC(=O)/C=C/C[C@@H](C)O. The van der Waals surface area contributed by atoms with Gasteiger partial charge in [-0.15, -0.1) is 0 Å². The number of ether oxygens (including phenoxy) is 1. The van der Waals surface area contributed by atoms with Crippen LogP contribution in [0.25, 0.3) is 0 Å². The molecule has 3 atom stereocenters. The second-order valence-corrected chi connectivity index (χ2v) is 4.60. The van der Waals surface area contributed by atoms with Gasteiger partial charge in [-0.2, -0.15) is 0 Å². The number of rotatable bonds is 9. The van der Waals surface area contributed by atoms with E-state index in [0.717, 1.165) is 6.08 Å². The van der Waals surface area contributed by atoms with Gasteiger partial charge in [0.15, 0.2) is 0 Å². The second-order valence-electron chi connectivity index (χ2n) is 4.60. The molecule has 0 aromatic carbocycles. The quantitative estimate of drug-likeness (QED) is 0.432. The van der Waals surface area contributed by atoms with Crippen molar-refractivity contribution >= 4 is 11.9 Å². The lowest BCUT2D eigenvalue weighted by Gasteiger charge is -2.15. The predicted molar refractivity (Wildman–Crippen MR) is 73.0 cm³/mol. The summed E-state index contributed by atoms with van der Waals surface area (Å²) in [5.74, 6) is -1.61. The molecule has 0 spiro atoms. The van der Waals surface area contributed by atoms with Gasteiger partial charge in [-0.05, 0) is 26.7 Å². The van der Waals surface area contributed by atoms with Crippen LogP contribution in [0.2, 0.25) is 0 Å². The zero-order chi connectivity index (χ0) is 15.5. The minimum atomic E-state index is -1.07. The maximum Gasteiger partial charge on any atom is 0.330 e. The van der Waals surface area contributed by atoms with Crippen LogP contribution in [0.3, 0.4) is 0 Å². The van der Waals surface area contributed by atoms with Crippen molar-refractivity contribution in [3.8, 4) is 0 Å². The highest BCUT2D eigenvalue weighted by molar-refractivity contribution is 5.82. The van der Waals surface area contributed by atoms with Crippen molar-refractivity contribution < 1.29 is 29.6 Å². The van der Waals surface area contributed by atoms with E-state index in [1.807, 2.05) is 0 Å². The molecular formula is C14H22O6. The first-order chi connectivity index (χ1) is 9.31. The molecule has 6 nitrogen and oxygen atoms in total. The number of carboxylic acids is 1. The lowest BCUT2D eigenvalue weighted by molar-refractivity contribution is -0.143. The van der Waals surface area contributed by atoms with Crippen LogP contribution in [0.15, 0.2) is 24.3 Å². The molecule has 6 heteroatoms. The summed E-state index contributed by atoms with van der Waals surface area (Å²) < 4.78 is 5.02. The third-order valence-electron chi connectivity index (χ3n) is 2.32. The van der Waals surface area contributed by atoms with Gasteiger partial charge in [0.2, 0.25) is 0 Å². The first-order valence-electron chi connectivity index (χ1n) is 6.44. The fraction of sp³-hybridized carbons (Fsp3) is 0.571. The summed E-state index contributed by atoms with van der Waals surface area (Å²) in [6, 6.07) is 0. The molecule has 114 valence electrons. The number of aliphatic hydroxyl groups is 2. The molecule has 0 amide bonds. The highest BCUT2D eigenvalue weighted by atomic mass is 16.5. The molecule has 20 heavy (non-hydrogen) atoms. The molecule has 3 N–H and O–H groups in total. The van der Waals surface area contributed by atoms with Crippen LogP contribution in [0.4, 0.5) is 0 Å². The number of hydrogen-bond acceptors (Lipinski definition) is 5. The average molecular weight is 286 g/mol. The number of aliphatic hydroxyl groups excluding tert-OH is 2. The van der Waals surface area contributed by atoms with Crippen LogP contribution in [0.5, 0.6) is 0 Å². The van der Waals surface area contributed by atoms with Gasteiger partial charge in [-0.25, -0.2) is 9.59 Å². The Bertz CT molecular complexity index is 359. The van der Waals surface area contributed by atoms with Gasteiger partial charge in [0.25, 0.3) is 0 Å². The Morgan fingerprint density at radius 2 is 1.70 bits per heavy atom. The van der Waals surface area contributed by atoms with E-state index >= 15 is 0 Å². The van der Waals surface area contributed by atoms with E-state index in [1.54, 1.807) is 13.8 Å². The third-order valence-corrected chi connectivity index (χ3v) is 2.32. The highest BCUT2D eigenvalue weighted by Crippen LogP contribution is 2.07. The Morgan fingerprint density at radius 1 is 1.10 bits per heavy atom. The fourth-order valence-corrected chi connectivity index (χ4v) is 1.45. The molecular weight excluding hydrogens is 264 g/mol. The van der Waals surface area contributed by atoms with E-state index in [0.29, 0.717) is 6.42 Å². The summed E-state index contributed by atoms with van der Waals surface area (Å²) in [4.78, 5) is 21.6. The minimum Gasteiger partial charge on any atom is -0.478 e. The van der Waals surface area contributed by atoms with Gasteiger partial charge < -0.3 is 20.1 Å². The average Bonchev–Trinajstić information content (AvgIpc) is 2.26. The van der Waals surface area contributed by atoms with Crippen LogP contribution in [-0.4, -0.2) is 45.6 Å². The molecule has 0 saturated heterocycles. The number of carbonyl (C=O) groups is 2. The Morgan fingerprint density at radius 3 is 2.25 bits per heavy atom. The topological polar surface area (TPSA) is 104 Å². The van der Waals surface area contributed by atoms with Crippen molar-refractivity contribution in [2.75, 3.05) is 0 Å². The third kappa shape index (κ3) is 11.4. The molecule has 0 aliphatic rings. The van der Waals surface area contributed by atoms with Crippen LogP contribution >= 0.6 is 0 Å². The smallest absolute Gasteiger partial charge is 0.330 e. The van der Waals surface area contributed by atoms with Gasteiger partial charge in [0.1, 0.15) is 6.10 Å². The van der Waals surface area contributed by atoms with E-state index in [1.165, 1.54) is 18.2 Å². The van der Waals surface area contributed by atoms with Gasteiger partial charge >= 0.3 is 11.9 Å². The minimum absolute atomic E-state index is 0.187. The van der Waals surface area contributed by atoms with Gasteiger partial charge in [0, 0.05) is 18.6 Å². The van der Waals surface area contributed by atoms with Gasteiger partial charge in [-0.1, -0.05) is 12.2 Å². The molecule has 0 unspecified atom stereocenters. The molecule has 0 heterocycles. The summed E-state index contributed by atoms with van der Waals surface area (Å²) >= 11 is 0. The van der Waals surface area contributed by atoms with E-state index < -0.39 is 30.3 Å². The first kappa shape index (κ1) is 18.3. The monoisotopic (exact) mass is 286 g/mol. The maximum atomic E-state index is 11.4. The van der Waals surface area contributed by atoms with Crippen molar-refractivity contribution in [3.05, 3.63) is 24.3 Å². The Balaban J connectivity index is 3.97. The molecule has 0 saturated carbocycles. The van der Waals surface area contributed by atoms with Crippen molar-refractivity contribution in [1.29, 1.82) is 0 Å². The van der Waals surface area contributed by atoms with Crippen molar-refractivity contribution in [2.24, 2.45) is 0 Å². The number of carboxylic acid groups (broad SMARTS) is 1. The van der Waals surface area contributed by atoms with E-state index in [9.17, 15) is 14.7 Å². The molecule has 0 rings (SSSR count). The lowest BCUT2D eigenvalue weighted by Crippen LogP contribution is -2.20. The zero-order valence-electron chi connectivity index (χ0n) is 11.7. The maximum absolute atomic E-state index is 11.4. The standard InChI is InChI=1S/C14H22O6/c1-10(15)5-3-8-14(19)20-11(2)9-12(16)6-4-7-13(17)18/h3-4,7-8,10-12,15-16H,5-6,9H2,1-2H3,(H,17,18)/b7-4+,8-3+/t10-,11-,12+/m1/s1. The van der Waals surface area contributed by atoms with E-state index in [4.69, 9.17) is 14.9 Å². The first-order valence-corrected chi connectivity index (χ1v) is 6.44. The van der Waals surface area contributed by atoms with Crippen molar-refractivity contribution in [1.82, 2.24) is 0 Å². The normalized spacial score (nSPS) is 16.2. The zero-order valence-corrected chi connectivity index (χ0v) is 11.7. The molecule has 0 bridgehead atoms. The molecule has 0 aliphatic heterocycles. The summed E-state index contributed by atoms with van der Waals surface area (Å²) in [7, 11) is 0. The largest absolute Gasteiger partial charge is 0.478 e. The molecule has 0 radical (unpaired) electrons. The Labute approximate surface area is 118 Å². The number of hydrogen-bond donors (Lipinski definition) is 3. The summed E-state index contributed by atoms with van der Waals surface area (Å²) in [5, 5.41) is 27.0. The van der Waals surface area contributed by atoms with Crippen molar-refractivity contribution in [3.63, 3.8) is 0 Å². The van der Waals surface area contributed by atoms with Crippen LogP contribution < -0.4 is 0 Å². The van der Waals surface area contributed by atoms with Crippen molar-refractivity contribution in [2.45, 2.75) is 51.4 Å². The molecule has 0 aliphatic carbocycles. The highest BCUT2D eigenvalue weighted by Gasteiger charge is 2.12. The van der Waals surface area contributed by atoms with E-state index in [-0.39, 0.29) is 12.8 Å². The Hall–Kier alpha value is -1.66. The summed E-state index contributed by atoms with van der Waals surface area (Å²) in [6.07, 6.45) is 4.08. The molecule has 0 aromatic rings. The fourth-order valence-electron chi connectivity index (χ4n) is 1.45. The molecule has 0 aromatic heterocycles. The predicted octanol–water partition coefficient (Wildman–Crippen LogP) is 1.03. The Kier molecular flexibility index (Phi) is 9.32. The lowest BCUT2D eigenvalue weighted by atomic mass is 10.1. The summed E-state index contributed by atoms with van der Waals surface area (Å²) in [6.45, 7) is 3.25. The van der Waals surface area contributed by atoms with E-state index in [2.05, 4.69) is 0 Å². The number of aliphatic carboxylic acids is 1. The second kappa shape index (κ2) is 10.2. The van der Waals surface area contributed by atoms with Gasteiger partial charge in [-0.3, -0.25) is 0 Å². The van der Waals surface area contributed by atoms with Gasteiger partial charge in [0.05, 0.1) is 12.2 Å². The number of carbonyl (C=O) groups excluding carboxylic acids is 1. The van der Waals surface area contributed by atoms with Crippen LogP contribution in [-0.2, 0) is 14.3 Å². The van der Waals surface area contributed by atoms with Crippen LogP contribution in [0.1, 0.15) is 33.1 Å². The molecule has 0 fully saturated rings.